The molecule has 17 heavy (non-hydrogen) atoms. The third-order valence-corrected chi connectivity index (χ3v) is 3.82. The maximum absolute atomic E-state index is 5.57. The molecule has 1 heterocycles. The van der Waals surface area contributed by atoms with Crippen LogP contribution in [0.4, 0.5) is 5.69 Å². The van der Waals surface area contributed by atoms with Crippen LogP contribution in [-0.2, 0) is 6.42 Å². The summed E-state index contributed by atoms with van der Waals surface area (Å²) in [4.78, 5) is 2.54. The van der Waals surface area contributed by atoms with Gasteiger partial charge in [0.2, 0.25) is 0 Å². The zero-order chi connectivity index (χ0) is 12.3. The molecule has 0 spiro atoms. The smallest absolute Gasteiger partial charge is 0.0368 e. The Bertz CT molecular complexity index is 344. The molecule has 2 rings (SSSR count). The second kappa shape index (κ2) is 5.54. The molecule has 1 aromatic rings. The van der Waals surface area contributed by atoms with Gasteiger partial charge in [0.05, 0.1) is 0 Å². The van der Waals surface area contributed by atoms with Gasteiger partial charge in [-0.3, -0.25) is 0 Å². The lowest BCUT2D eigenvalue weighted by Crippen LogP contribution is -2.41. The van der Waals surface area contributed by atoms with Crippen LogP contribution >= 0.6 is 0 Å². The minimum Gasteiger partial charge on any atom is -0.369 e. The highest BCUT2D eigenvalue weighted by Gasteiger charge is 2.22. The SMILES string of the molecule is CC1CCC(C)N(c2ccc(CCN)cc2)C1. The lowest BCUT2D eigenvalue weighted by molar-refractivity contribution is 0.390. The van der Waals surface area contributed by atoms with E-state index >= 15 is 0 Å². The normalized spacial score (nSPS) is 25.0. The van der Waals surface area contributed by atoms with Crippen LogP contribution in [0.25, 0.3) is 0 Å². The summed E-state index contributed by atoms with van der Waals surface area (Å²) in [7, 11) is 0. The van der Waals surface area contributed by atoms with Gasteiger partial charge in [-0.15, -0.1) is 0 Å². The van der Waals surface area contributed by atoms with E-state index in [0.29, 0.717) is 6.04 Å². The van der Waals surface area contributed by atoms with Gasteiger partial charge in [0.1, 0.15) is 0 Å². The van der Waals surface area contributed by atoms with Crippen molar-refractivity contribution in [2.24, 2.45) is 11.7 Å². The number of rotatable bonds is 3. The first kappa shape index (κ1) is 12.4. The van der Waals surface area contributed by atoms with Crippen molar-refractivity contribution in [1.29, 1.82) is 0 Å². The number of benzene rings is 1. The van der Waals surface area contributed by atoms with Crippen LogP contribution in [0.15, 0.2) is 24.3 Å². The van der Waals surface area contributed by atoms with Crippen molar-refractivity contribution in [2.75, 3.05) is 18.0 Å². The van der Waals surface area contributed by atoms with Gasteiger partial charge in [-0.2, -0.15) is 0 Å². The van der Waals surface area contributed by atoms with Crippen LogP contribution in [0.1, 0.15) is 32.3 Å². The van der Waals surface area contributed by atoms with Gasteiger partial charge in [-0.25, -0.2) is 0 Å². The van der Waals surface area contributed by atoms with Gasteiger partial charge < -0.3 is 10.6 Å². The summed E-state index contributed by atoms with van der Waals surface area (Å²) >= 11 is 0. The molecule has 1 aliphatic rings. The molecule has 1 aromatic carbocycles. The zero-order valence-electron chi connectivity index (χ0n) is 11.0. The largest absolute Gasteiger partial charge is 0.369 e. The quantitative estimate of drug-likeness (QED) is 0.868. The summed E-state index contributed by atoms with van der Waals surface area (Å²) in [6, 6.07) is 9.60. The third kappa shape index (κ3) is 3.01. The van der Waals surface area contributed by atoms with Gasteiger partial charge in [-0.1, -0.05) is 19.1 Å². The summed E-state index contributed by atoms with van der Waals surface area (Å²) in [5.41, 5.74) is 8.28. The Morgan fingerprint density at radius 3 is 2.53 bits per heavy atom. The molecular formula is C15H24N2. The fourth-order valence-electron chi connectivity index (χ4n) is 2.67. The van der Waals surface area contributed by atoms with Crippen molar-refractivity contribution in [3.63, 3.8) is 0 Å². The Morgan fingerprint density at radius 2 is 1.88 bits per heavy atom. The molecule has 1 saturated heterocycles. The second-order valence-electron chi connectivity index (χ2n) is 5.39. The molecule has 0 aliphatic carbocycles. The lowest BCUT2D eigenvalue weighted by Gasteiger charge is -2.38. The maximum Gasteiger partial charge on any atom is 0.0368 e. The van der Waals surface area contributed by atoms with E-state index in [9.17, 15) is 0 Å². The van der Waals surface area contributed by atoms with Gasteiger partial charge in [0, 0.05) is 18.3 Å². The Kier molecular flexibility index (Phi) is 4.06. The van der Waals surface area contributed by atoms with E-state index in [4.69, 9.17) is 5.73 Å². The molecule has 0 bridgehead atoms. The predicted molar refractivity (Wildman–Crippen MR) is 74.4 cm³/mol. The highest BCUT2D eigenvalue weighted by atomic mass is 15.2. The van der Waals surface area contributed by atoms with E-state index in [-0.39, 0.29) is 0 Å². The third-order valence-electron chi connectivity index (χ3n) is 3.82. The number of nitrogens with two attached hydrogens (primary N) is 1. The molecule has 0 amide bonds. The highest BCUT2D eigenvalue weighted by Crippen LogP contribution is 2.27. The summed E-state index contributed by atoms with van der Waals surface area (Å²) < 4.78 is 0. The Morgan fingerprint density at radius 1 is 1.18 bits per heavy atom. The van der Waals surface area contributed by atoms with E-state index in [2.05, 4.69) is 43.0 Å². The molecular weight excluding hydrogens is 208 g/mol. The lowest BCUT2D eigenvalue weighted by atomic mass is 9.94. The van der Waals surface area contributed by atoms with E-state index in [1.165, 1.54) is 30.6 Å². The molecule has 1 fully saturated rings. The van der Waals surface area contributed by atoms with Crippen LogP contribution in [0, 0.1) is 5.92 Å². The van der Waals surface area contributed by atoms with E-state index in [1.54, 1.807) is 0 Å². The van der Waals surface area contributed by atoms with E-state index in [0.717, 1.165) is 18.9 Å². The van der Waals surface area contributed by atoms with Gasteiger partial charge >= 0.3 is 0 Å². The molecule has 2 heteroatoms. The van der Waals surface area contributed by atoms with E-state index < -0.39 is 0 Å². The highest BCUT2D eigenvalue weighted by molar-refractivity contribution is 5.49. The van der Waals surface area contributed by atoms with Gasteiger partial charge in [-0.05, 0) is 56.3 Å². The summed E-state index contributed by atoms with van der Waals surface area (Å²) in [5, 5.41) is 0. The Hall–Kier alpha value is -1.02. The monoisotopic (exact) mass is 232 g/mol. The van der Waals surface area contributed by atoms with Gasteiger partial charge in [0.25, 0.3) is 0 Å². The fourth-order valence-corrected chi connectivity index (χ4v) is 2.67. The van der Waals surface area contributed by atoms with Crippen molar-refractivity contribution in [3.8, 4) is 0 Å². The zero-order valence-corrected chi connectivity index (χ0v) is 11.0. The van der Waals surface area contributed by atoms with Crippen LogP contribution in [0.5, 0.6) is 0 Å². The van der Waals surface area contributed by atoms with Crippen molar-refractivity contribution < 1.29 is 0 Å². The summed E-state index contributed by atoms with van der Waals surface area (Å²) in [6.45, 7) is 6.61. The number of anilines is 1. The predicted octanol–water partition coefficient (Wildman–Crippen LogP) is 2.81. The number of hydrogen-bond donors (Lipinski definition) is 1. The molecule has 0 radical (unpaired) electrons. The molecule has 1 aliphatic heterocycles. The molecule has 2 N–H and O–H groups in total. The first-order valence-corrected chi connectivity index (χ1v) is 6.76. The van der Waals surface area contributed by atoms with Crippen LogP contribution in [0.3, 0.4) is 0 Å². The van der Waals surface area contributed by atoms with E-state index in [1.807, 2.05) is 0 Å². The van der Waals surface area contributed by atoms with Crippen LogP contribution in [-0.4, -0.2) is 19.1 Å². The van der Waals surface area contributed by atoms with Crippen molar-refractivity contribution in [1.82, 2.24) is 0 Å². The second-order valence-corrected chi connectivity index (χ2v) is 5.39. The standard InChI is InChI=1S/C15H24N2/c1-12-3-4-13(2)17(11-12)15-7-5-14(6-8-15)9-10-16/h5-8,12-13H,3-4,9-11,16H2,1-2H3. The van der Waals surface area contributed by atoms with Crippen LogP contribution in [0.2, 0.25) is 0 Å². The number of hydrogen-bond acceptors (Lipinski definition) is 2. The van der Waals surface area contributed by atoms with Crippen LogP contribution < -0.4 is 10.6 Å². The average molecular weight is 232 g/mol. The van der Waals surface area contributed by atoms with Gasteiger partial charge in [0.15, 0.2) is 0 Å². The number of piperidine rings is 1. The van der Waals surface area contributed by atoms with Crippen molar-refractivity contribution >= 4 is 5.69 Å². The molecule has 2 nitrogen and oxygen atoms in total. The topological polar surface area (TPSA) is 29.3 Å². The average Bonchev–Trinajstić information content (AvgIpc) is 2.34. The molecule has 0 saturated carbocycles. The Balaban J connectivity index is 2.10. The fraction of sp³-hybridized carbons (Fsp3) is 0.600. The molecule has 0 aromatic heterocycles. The molecule has 94 valence electrons. The first-order valence-electron chi connectivity index (χ1n) is 6.76. The summed E-state index contributed by atoms with van der Waals surface area (Å²) in [6.07, 6.45) is 3.65. The van der Waals surface area contributed by atoms with Crippen molar-refractivity contribution in [2.45, 2.75) is 39.2 Å². The first-order chi connectivity index (χ1) is 8.20. The minimum atomic E-state index is 0.673. The Labute approximate surface area is 105 Å². The van der Waals surface area contributed by atoms with Crippen molar-refractivity contribution in [3.05, 3.63) is 29.8 Å². The molecule has 2 atom stereocenters. The number of nitrogens with zero attached hydrogens (tertiary/aromatic N) is 1. The maximum atomic E-state index is 5.57. The minimum absolute atomic E-state index is 0.673. The molecule has 2 unspecified atom stereocenters. The summed E-state index contributed by atoms with van der Waals surface area (Å²) in [5.74, 6) is 0.815.